The molecule has 2 bridgehead atoms. The Balaban J connectivity index is 1.33. The number of rotatable bonds is 9. The Labute approximate surface area is 242 Å². The number of carbonyl (C=O) groups excluding carboxylic acids is 2. The van der Waals surface area contributed by atoms with Crippen molar-refractivity contribution in [2.75, 3.05) is 32.8 Å². The number of carbonyl (C=O) groups is 2. The van der Waals surface area contributed by atoms with E-state index in [1.54, 1.807) is 33.8 Å². The number of pyridine rings is 1. The van der Waals surface area contributed by atoms with E-state index in [4.69, 9.17) is 19.2 Å². The van der Waals surface area contributed by atoms with Crippen molar-refractivity contribution in [3.63, 3.8) is 0 Å². The van der Waals surface area contributed by atoms with Crippen molar-refractivity contribution < 1.29 is 28.9 Å². The Morgan fingerprint density at radius 3 is 2.54 bits per heavy atom. The van der Waals surface area contributed by atoms with Crippen molar-refractivity contribution >= 4 is 12.1 Å². The molecule has 2 N–H and O–H groups in total. The summed E-state index contributed by atoms with van der Waals surface area (Å²) >= 11 is 0. The quantitative estimate of drug-likeness (QED) is 0.270. The lowest BCUT2D eigenvalue weighted by atomic mass is 9.75. The highest BCUT2D eigenvalue weighted by Crippen LogP contribution is 2.35. The molecule has 1 amide bonds. The molecule has 0 spiro atoms. The molecule has 4 heterocycles. The monoisotopic (exact) mass is 563 g/mol. The van der Waals surface area contributed by atoms with Crippen LogP contribution in [0.3, 0.4) is 0 Å². The van der Waals surface area contributed by atoms with Crippen LogP contribution in [-0.4, -0.2) is 77.1 Å². The molecule has 5 rings (SSSR count). The van der Waals surface area contributed by atoms with Crippen LogP contribution < -0.4 is 10.1 Å². The average Bonchev–Trinajstić information content (AvgIpc) is 2.92. The Bertz CT molecular complexity index is 1260. The van der Waals surface area contributed by atoms with Gasteiger partial charge in [-0.3, -0.25) is 4.90 Å². The highest BCUT2D eigenvalue weighted by Gasteiger charge is 2.44. The van der Waals surface area contributed by atoms with Gasteiger partial charge in [-0.15, -0.1) is 0 Å². The summed E-state index contributed by atoms with van der Waals surface area (Å²) in [6.07, 6.45) is 2.31. The Morgan fingerprint density at radius 1 is 1.15 bits per heavy atom. The lowest BCUT2D eigenvalue weighted by Crippen LogP contribution is -2.58. The molecule has 1 aromatic carbocycles. The van der Waals surface area contributed by atoms with Gasteiger partial charge in [0.2, 0.25) is 5.88 Å². The number of hydrogen-bond acceptors (Lipinski definition) is 8. The molecule has 3 aliphatic heterocycles. The molecule has 2 atom stereocenters. The molecule has 0 saturated carbocycles. The molecule has 3 saturated heterocycles. The van der Waals surface area contributed by atoms with Gasteiger partial charge >= 0.3 is 12.1 Å². The van der Waals surface area contributed by atoms with Gasteiger partial charge < -0.3 is 24.6 Å². The summed E-state index contributed by atoms with van der Waals surface area (Å²) in [6, 6.07) is 12.9. The molecular formula is C32H41N3O6. The third kappa shape index (κ3) is 8.94. The lowest BCUT2D eigenvalue weighted by Gasteiger charge is -2.47. The zero-order valence-corrected chi connectivity index (χ0v) is 24.4. The Hall–Kier alpha value is -3.61. The predicted molar refractivity (Wildman–Crippen MR) is 154 cm³/mol. The number of alkyl carbamates (subject to hydrolysis) is 1. The van der Waals surface area contributed by atoms with Crippen LogP contribution in [0.2, 0.25) is 0 Å². The summed E-state index contributed by atoms with van der Waals surface area (Å²) < 4.78 is 16.3. The predicted octanol–water partition coefficient (Wildman–Crippen LogP) is 3.71. The number of amides is 1. The molecule has 3 aliphatic rings. The lowest BCUT2D eigenvalue weighted by molar-refractivity contribution is -0.145. The van der Waals surface area contributed by atoms with Crippen molar-refractivity contribution in [2.24, 2.45) is 5.92 Å². The first-order valence-corrected chi connectivity index (χ1v) is 14.3. The number of esters is 1. The van der Waals surface area contributed by atoms with Gasteiger partial charge in [-0.25, -0.2) is 14.6 Å². The van der Waals surface area contributed by atoms with E-state index in [0.717, 1.165) is 42.8 Å². The Kier molecular flexibility index (Phi) is 9.90. The van der Waals surface area contributed by atoms with E-state index < -0.39 is 29.3 Å². The van der Waals surface area contributed by atoms with Crippen molar-refractivity contribution in [2.45, 2.75) is 70.6 Å². The number of hydrogen-bond donors (Lipinski definition) is 2. The normalized spacial score (nSPS) is 22.2. The van der Waals surface area contributed by atoms with E-state index in [1.807, 2.05) is 36.4 Å². The first-order chi connectivity index (χ1) is 19.5. The molecular weight excluding hydrogens is 522 g/mol. The van der Waals surface area contributed by atoms with E-state index >= 15 is 0 Å². The molecule has 0 radical (unpaired) electrons. The van der Waals surface area contributed by atoms with Crippen LogP contribution in [0.4, 0.5) is 4.79 Å². The van der Waals surface area contributed by atoms with Gasteiger partial charge in [0.15, 0.2) is 0 Å². The Morgan fingerprint density at radius 2 is 1.88 bits per heavy atom. The van der Waals surface area contributed by atoms with Gasteiger partial charge in [0.05, 0.1) is 18.9 Å². The van der Waals surface area contributed by atoms with Crippen LogP contribution in [0.1, 0.15) is 63.8 Å². The summed E-state index contributed by atoms with van der Waals surface area (Å²) in [7, 11) is 0. The van der Waals surface area contributed by atoms with Crippen LogP contribution >= 0.6 is 0 Å². The minimum absolute atomic E-state index is 0.135. The summed E-state index contributed by atoms with van der Waals surface area (Å²) in [6.45, 7) is 9.87. The van der Waals surface area contributed by atoms with E-state index in [0.29, 0.717) is 31.9 Å². The van der Waals surface area contributed by atoms with E-state index in [1.165, 1.54) is 0 Å². The molecule has 0 aliphatic carbocycles. The van der Waals surface area contributed by atoms with E-state index in [2.05, 4.69) is 22.1 Å². The van der Waals surface area contributed by atoms with Crippen LogP contribution in [0.5, 0.6) is 5.88 Å². The fourth-order valence-corrected chi connectivity index (χ4v) is 5.03. The third-order valence-electron chi connectivity index (χ3n) is 7.17. The third-order valence-corrected chi connectivity index (χ3v) is 7.17. The fourth-order valence-electron chi connectivity index (χ4n) is 5.03. The summed E-state index contributed by atoms with van der Waals surface area (Å²) in [5.74, 6) is 6.54. The zero-order valence-electron chi connectivity index (χ0n) is 24.4. The summed E-state index contributed by atoms with van der Waals surface area (Å²) in [5.41, 5.74) is 1.00. The maximum Gasteiger partial charge on any atom is 0.408 e. The SMILES string of the molecule is CC(NC(=O)OC(C)(C)C)C(=O)OCCCOc1ccc(C#CC2(O)CN3CCC2CC3)c(Cc2ccccc2)n1. The van der Waals surface area contributed by atoms with Gasteiger partial charge in [-0.1, -0.05) is 42.2 Å². The molecule has 41 heavy (non-hydrogen) atoms. The van der Waals surface area contributed by atoms with Crippen molar-refractivity contribution in [1.29, 1.82) is 0 Å². The number of aromatic nitrogens is 1. The topological polar surface area (TPSA) is 110 Å². The van der Waals surface area contributed by atoms with Crippen LogP contribution in [0.25, 0.3) is 0 Å². The molecule has 220 valence electrons. The largest absolute Gasteiger partial charge is 0.478 e. The molecule has 2 unspecified atom stereocenters. The number of fused-ring (bicyclic) bond motifs is 3. The van der Waals surface area contributed by atoms with Gasteiger partial charge in [0.1, 0.15) is 17.2 Å². The van der Waals surface area contributed by atoms with Crippen molar-refractivity contribution in [3.05, 3.63) is 59.3 Å². The first kappa shape index (κ1) is 30.4. The number of nitrogens with one attached hydrogen (secondary N) is 1. The average molecular weight is 564 g/mol. The van der Waals surface area contributed by atoms with Crippen molar-refractivity contribution in [3.8, 4) is 17.7 Å². The maximum atomic E-state index is 12.2. The minimum Gasteiger partial charge on any atom is -0.478 e. The first-order valence-electron chi connectivity index (χ1n) is 14.3. The van der Waals surface area contributed by atoms with Gasteiger partial charge in [-0.05, 0) is 65.3 Å². The number of benzene rings is 1. The number of piperidine rings is 3. The standard InChI is InChI=1S/C32H41N3O6/c1-23(33-30(37)41-31(2,3)4)29(36)40-20-8-19-39-28-12-11-25(27(34-28)21-24-9-6-5-7-10-24)13-16-32(38)22-35-17-14-26(32)15-18-35/h5-7,9-12,23,26,38H,8,14-15,17-22H2,1-4H3,(H,33,37). The van der Waals surface area contributed by atoms with E-state index in [9.17, 15) is 14.7 Å². The highest BCUT2D eigenvalue weighted by atomic mass is 16.6. The van der Waals surface area contributed by atoms with E-state index in [-0.39, 0.29) is 12.5 Å². The fraction of sp³-hybridized carbons (Fsp3) is 0.531. The zero-order chi connectivity index (χ0) is 29.5. The smallest absolute Gasteiger partial charge is 0.408 e. The second-order valence-corrected chi connectivity index (χ2v) is 11.8. The summed E-state index contributed by atoms with van der Waals surface area (Å²) in [4.78, 5) is 31.1. The number of aliphatic hydroxyl groups is 1. The molecule has 2 aromatic rings. The van der Waals surface area contributed by atoms with Crippen LogP contribution in [0.15, 0.2) is 42.5 Å². The maximum absolute atomic E-state index is 12.2. The molecule has 1 aromatic heterocycles. The highest BCUT2D eigenvalue weighted by molar-refractivity contribution is 5.81. The van der Waals surface area contributed by atoms with Crippen LogP contribution in [-0.2, 0) is 20.7 Å². The van der Waals surface area contributed by atoms with Crippen molar-refractivity contribution in [1.82, 2.24) is 15.2 Å². The van der Waals surface area contributed by atoms with Gasteiger partial charge in [0, 0.05) is 36.9 Å². The molecule has 9 heteroatoms. The minimum atomic E-state index is -0.993. The second-order valence-electron chi connectivity index (χ2n) is 11.8. The van der Waals surface area contributed by atoms with Gasteiger partial charge in [-0.2, -0.15) is 0 Å². The summed E-state index contributed by atoms with van der Waals surface area (Å²) in [5, 5.41) is 13.7. The second kappa shape index (κ2) is 13.4. The van der Waals surface area contributed by atoms with Gasteiger partial charge in [0.25, 0.3) is 0 Å². The van der Waals surface area contributed by atoms with Crippen LogP contribution in [0, 0.1) is 17.8 Å². The molecule has 9 nitrogen and oxygen atoms in total. The molecule has 3 fully saturated rings. The number of ether oxygens (including phenoxy) is 3. The number of nitrogens with zero attached hydrogens (tertiary/aromatic N) is 2.